The maximum atomic E-state index is 3.46. The third-order valence-corrected chi connectivity index (χ3v) is 2.12. The Hall–Kier alpha value is -0.980. The van der Waals surface area contributed by atoms with Gasteiger partial charge in [-0.3, -0.25) is 0 Å². The Kier molecular flexibility index (Phi) is 3.78. The zero-order valence-corrected chi connectivity index (χ0v) is 10.6. The molecule has 0 fully saturated rings. The van der Waals surface area contributed by atoms with Crippen molar-refractivity contribution in [1.82, 2.24) is 0 Å². The summed E-state index contributed by atoms with van der Waals surface area (Å²) in [5, 5.41) is 3.46. The van der Waals surface area contributed by atoms with Gasteiger partial charge in [-0.15, -0.1) is 0 Å². The van der Waals surface area contributed by atoms with Gasteiger partial charge in [-0.2, -0.15) is 0 Å². The molecular weight excluding hydrogens is 182 g/mol. The molecule has 1 heteroatoms. The lowest BCUT2D eigenvalue weighted by Crippen LogP contribution is -2.25. The average Bonchev–Trinajstić information content (AvgIpc) is 2.05. The quantitative estimate of drug-likeness (QED) is 0.783. The van der Waals surface area contributed by atoms with Gasteiger partial charge in [0.1, 0.15) is 0 Å². The molecule has 1 nitrogen and oxygen atoms in total. The smallest absolute Gasteiger partial charge is 0.0344 e. The number of benzene rings is 1. The standard InChI is InChI=1S/C14H23N/c1-11(2)10-12-6-8-13(9-7-12)15-14(3,4)5/h6-9,11,15H,10H2,1-5H3. The fourth-order valence-electron chi connectivity index (χ4n) is 1.63. The predicted octanol–water partition coefficient (Wildman–Crippen LogP) is 4.10. The number of anilines is 1. The SMILES string of the molecule is CC(C)Cc1ccc(NC(C)(C)C)cc1. The summed E-state index contributed by atoms with van der Waals surface area (Å²) in [5.74, 6) is 0.728. The molecule has 0 unspecified atom stereocenters. The van der Waals surface area contributed by atoms with Gasteiger partial charge < -0.3 is 5.32 Å². The molecule has 0 heterocycles. The molecule has 84 valence electrons. The van der Waals surface area contributed by atoms with Crippen LogP contribution in [0.25, 0.3) is 0 Å². The zero-order chi connectivity index (χ0) is 11.5. The van der Waals surface area contributed by atoms with Crippen molar-refractivity contribution < 1.29 is 0 Å². The van der Waals surface area contributed by atoms with E-state index in [0.717, 1.165) is 12.3 Å². The predicted molar refractivity (Wildman–Crippen MR) is 68.4 cm³/mol. The van der Waals surface area contributed by atoms with Crippen molar-refractivity contribution in [3.8, 4) is 0 Å². The Bertz CT molecular complexity index is 290. The first-order chi connectivity index (χ1) is 6.87. The second kappa shape index (κ2) is 4.69. The summed E-state index contributed by atoms with van der Waals surface area (Å²) in [6.45, 7) is 11.0. The van der Waals surface area contributed by atoms with E-state index in [1.807, 2.05) is 0 Å². The fraction of sp³-hybridized carbons (Fsp3) is 0.571. The highest BCUT2D eigenvalue weighted by Crippen LogP contribution is 2.16. The molecule has 0 atom stereocenters. The summed E-state index contributed by atoms with van der Waals surface area (Å²) in [5.41, 5.74) is 2.76. The molecule has 0 saturated carbocycles. The summed E-state index contributed by atoms with van der Waals surface area (Å²) in [6.07, 6.45) is 1.16. The van der Waals surface area contributed by atoms with Gasteiger partial charge in [-0.05, 0) is 50.8 Å². The van der Waals surface area contributed by atoms with Crippen LogP contribution in [-0.2, 0) is 6.42 Å². The first-order valence-electron chi connectivity index (χ1n) is 5.74. The molecule has 1 N–H and O–H groups in total. The van der Waals surface area contributed by atoms with E-state index >= 15 is 0 Å². The zero-order valence-electron chi connectivity index (χ0n) is 10.6. The lowest BCUT2D eigenvalue weighted by atomic mass is 10.0. The minimum absolute atomic E-state index is 0.138. The maximum absolute atomic E-state index is 3.46. The van der Waals surface area contributed by atoms with E-state index < -0.39 is 0 Å². The first-order valence-corrected chi connectivity index (χ1v) is 5.74. The molecule has 1 aromatic rings. The van der Waals surface area contributed by atoms with Crippen molar-refractivity contribution in [2.75, 3.05) is 5.32 Å². The van der Waals surface area contributed by atoms with E-state index in [4.69, 9.17) is 0 Å². The summed E-state index contributed by atoms with van der Waals surface area (Å²) in [7, 11) is 0. The third kappa shape index (κ3) is 4.87. The first kappa shape index (κ1) is 12.1. The topological polar surface area (TPSA) is 12.0 Å². The van der Waals surface area contributed by atoms with Crippen LogP contribution in [0, 0.1) is 5.92 Å². The van der Waals surface area contributed by atoms with Crippen molar-refractivity contribution in [3.05, 3.63) is 29.8 Å². The lowest BCUT2D eigenvalue weighted by molar-refractivity contribution is 0.633. The van der Waals surface area contributed by atoms with Crippen molar-refractivity contribution in [1.29, 1.82) is 0 Å². The number of rotatable bonds is 3. The highest BCUT2D eigenvalue weighted by molar-refractivity contribution is 5.46. The van der Waals surface area contributed by atoms with E-state index in [2.05, 4.69) is 64.2 Å². The van der Waals surface area contributed by atoms with Gasteiger partial charge in [0.05, 0.1) is 0 Å². The summed E-state index contributed by atoms with van der Waals surface area (Å²) in [4.78, 5) is 0. The van der Waals surface area contributed by atoms with Crippen molar-refractivity contribution in [2.24, 2.45) is 5.92 Å². The van der Waals surface area contributed by atoms with E-state index in [9.17, 15) is 0 Å². The van der Waals surface area contributed by atoms with Gasteiger partial charge in [-0.1, -0.05) is 26.0 Å². The molecule has 0 aliphatic carbocycles. The van der Waals surface area contributed by atoms with Gasteiger partial charge in [0, 0.05) is 11.2 Å². The van der Waals surface area contributed by atoms with Gasteiger partial charge in [0.15, 0.2) is 0 Å². The lowest BCUT2D eigenvalue weighted by Gasteiger charge is -2.22. The molecular formula is C14H23N. The van der Waals surface area contributed by atoms with Gasteiger partial charge in [0.2, 0.25) is 0 Å². The Balaban J connectivity index is 2.64. The van der Waals surface area contributed by atoms with Crippen LogP contribution in [0.15, 0.2) is 24.3 Å². The molecule has 0 bridgehead atoms. The monoisotopic (exact) mass is 205 g/mol. The van der Waals surface area contributed by atoms with Crippen LogP contribution in [0.4, 0.5) is 5.69 Å². The molecule has 0 aliphatic rings. The normalized spacial score (nSPS) is 11.9. The Labute approximate surface area is 93.9 Å². The molecule has 1 aromatic carbocycles. The van der Waals surface area contributed by atoms with E-state index in [-0.39, 0.29) is 5.54 Å². The third-order valence-electron chi connectivity index (χ3n) is 2.12. The highest BCUT2D eigenvalue weighted by Gasteiger charge is 2.08. The Morgan fingerprint density at radius 1 is 1.07 bits per heavy atom. The summed E-state index contributed by atoms with van der Waals surface area (Å²) < 4.78 is 0. The molecule has 15 heavy (non-hydrogen) atoms. The van der Waals surface area contributed by atoms with Crippen molar-refractivity contribution in [2.45, 2.75) is 46.6 Å². The van der Waals surface area contributed by atoms with Crippen LogP contribution in [0.3, 0.4) is 0 Å². The second-order valence-corrected chi connectivity index (χ2v) is 5.67. The van der Waals surface area contributed by atoms with E-state index in [1.165, 1.54) is 11.3 Å². The number of hydrogen-bond donors (Lipinski definition) is 1. The molecule has 0 radical (unpaired) electrons. The van der Waals surface area contributed by atoms with E-state index in [1.54, 1.807) is 0 Å². The van der Waals surface area contributed by atoms with Gasteiger partial charge in [0.25, 0.3) is 0 Å². The Morgan fingerprint density at radius 3 is 2.00 bits per heavy atom. The average molecular weight is 205 g/mol. The molecule has 1 rings (SSSR count). The van der Waals surface area contributed by atoms with Crippen molar-refractivity contribution >= 4 is 5.69 Å². The molecule has 0 aliphatic heterocycles. The largest absolute Gasteiger partial charge is 0.380 e. The van der Waals surface area contributed by atoms with Crippen LogP contribution in [0.1, 0.15) is 40.2 Å². The van der Waals surface area contributed by atoms with E-state index in [0.29, 0.717) is 0 Å². The van der Waals surface area contributed by atoms with Gasteiger partial charge >= 0.3 is 0 Å². The summed E-state index contributed by atoms with van der Waals surface area (Å²) in [6, 6.07) is 8.77. The molecule has 0 amide bonds. The maximum Gasteiger partial charge on any atom is 0.0344 e. The highest BCUT2D eigenvalue weighted by atomic mass is 14.9. The van der Waals surface area contributed by atoms with Crippen LogP contribution in [0.5, 0.6) is 0 Å². The van der Waals surface area contributed by atoms with Crippen LogP contribution in [-0.4, -0.2) is 5.54 Å². The summed E-state index contributed by atoms with van der Waals surface area (Å²) >= 11 is 0. The van der Waals surface area contributed by atoms with Crippen LogP contribution in [0.2, 0.25) is 0 Å². The molecule has 0 saturated heterocycles. The van der Waals surface area contributed by atoms with Crippen LogP contribution >= 0.6 is 0 Å². The van der Waals surface area contributed by atoms with Crippen molar-refractivity contribution in [3.63, 3.8) is 0 Å². The minimum Gasteiger partial charge on any atom is -0.380 e. The second-order valence-electron chi connectivity index (χ2n) is 5.67. The minimum atomic E-state index is 0.138. The van der Waals surface area contributed by atoms with Gasteiger partial charge in [-0.25, -0.2) is 0 Å². The molecule has 0 aromatic heterocycles. The molecule has 0 spiro atoms. The Morgan fingerprint density at radius 2 is 1.60 bits per heavy atom. The number of hydrogen-bond acceptors (Lipinski definition) is 1. The number of nitrogens with one attached hydrogen (secondary N) is 1. The van der Waals surface area contributed by atoms with Crippen LogP contribution < -0.4 is 5.32 Å². The fourth-order valence-corrected chi connectivity index (χ4v) is 1.63.